The van der Waals surface area contributed by atoms with E-state index < -0.39 is 11.6 Å². The summed E-state index contributed by atoms with van der Waals surface area (Å²) in [6, 6.07) is 7.07. The molecule has 2 N–H and O–H groups in total. The lowest BCUT2D eigenvalue weighted by atomic mass is 10.3. The number of aromatic amines is 1. The summed E-state index contributed by atoms with van der Waals surface area (Å²) in [6.45, 7) is 0. The Morgan fingerprint density at radius 2 is 2.05 bits per heavy atom. The summed E-state index contributed by atoms with van der Waals surface area (Å²) in [5.74, 6) is -1.88. The molecular weight excluding hydrogens is 310 g/mol. The number of rotatable bonds is 4. The Bertz CT molecular complexity index is 848. The molecule has 2 aromatic heterocycles. The smallest absolute Gasteiger partial charge is 0.274 e. The number of hydrogen-bond donors (Lipinski definition) is 2. The first kappa shape index (κ1) is 14.3. The summed E-state index contributed by atoms with van der Waals surface area (Å²) in [6.07, 6.45) is 0.394. The van der Waals surface area contributed by atoms with Crippen molar-refractivity contribution < 1.29 is 8.78 Å². The Kier molecular flexibility index (Phi) is 3.92. The van der Waals surface area contributed by atoms with Gasteiger partial charge in [0.25, 0.3) is 5.56 Å². The Balaban J connectivity index is 1.79. The third-order valence-electron chi connectivity index (χ3n) is 2.87. The number of benzene rings is 1. The molecule has 8 heteroatoms. The highest BCUT2D eigenvalue weighted by Crippen LogP contribution is 2.16. The van der Waals surface area contributed by atoms with Crippen LogP contribution in [0.25, 0.3) is 0 Å². The minimum atomic E-state index is -0.991. The predicted molar refractivity (Wildman–Crippen MR) is 79.4 cm³/mol. The van der Waals surface area contributed by atoms with Crippen molar-refractivity contribution in [3.63, 3.8) is 0 Å². The molecule has 0 unspecified atom stereocenters. The van der Waals surface area contributed by atoms with Crippen molar-refractivity contribution in [2.75, 3.05) is 5.32 Å². The maximum Gasteiger partial charge on any atom is 0.274 e. The van der Waals surface area contributed by atoms with E-state index in [1.165, 1.54) is 17.4 Å². The van der Waals surface area contributed by atoms with Gasteiger partial charge in [0.1, 0.15) is 5.69 Å². The molecule has 0 amide bonds. The van der Waals surface area contributed by atoms with Crippen molar-refractivity contribution >= 4 is 23.0 Å². The first-order valence-electron chi connectivity index (χ1n) is 6.32. The number of H-pyrrole nitrogens is 1. The molecule has 0 fully saturated rings. The third kappa shape index (κ3) is 3.17. The molecule has 0 aliphatic rings. The normalized spacial score (nSPS) is 10.6. The molecule has 0 aliphatic carbocycles. The molecule has 0 aliphatic heterocycles. The van der Waals surface area contributed by atoms with Crippen molar-refractivity contribution in [3.8, 4) is 0 Å². The van der Waals surface area contributed by atoms with Crippen molar-refractivity contribution in [1.82, 2.24) is 15.2 Å². The second kappa shape index (κ2) is 6.02. The molecule has 1 aromatic carbocycles. The van der Waals surface area contributed by atoms with Crippen LogP contribution in [0.4, 0.5) is 20.4 Å². The van der Waals surface area contributed by atoms with Crippen LogP contribution in [0.5, 0.6) is 0 Å². The maximum absolute atomic E-state index is 13.1. The fraction of sp³-hybridized carbons (Fsp3) is 0.0714. The van der Waals surface area contributed by atoms with Crippen molar-refractivity contribution in [2.24, 2.45) is 0 Å². The third-order valence-corrected chi connectivity index (χ3v) is 3.75. The zero-order valence-electron chi connectivity index (χ0n) is 11.1. The van der Waals surface area contributed by atoms with E-state index in [4.69, 9.17) is 0 Å². The number of thiophene rings is 1. The molecule has 0 saturated carbocycles. The van der Waals surface area contributed by atoms with E-state index >= 15 is 0 Å². The summed E-state index contributed by atoms with van der Waals surface area (Å²) in [5.41, 5.74) is 0.168. The van der Waals surface area contributed by atoms with Crippen molar-refractivity contribution in [1.29, 1.82) is 0 Å². The topological polar surface area (TPSA) is 70.7 Å². The highest BCUT2D eigenvalue weighted by Gasteiger charge is 2.08. The van der Waals surface area contributed by atoms with Crippen LogP contribution in [0.1, 0.15) is 10.6 Å². The summed E-state index contributed by atoms with van der Waals surface area (Å²) < 4.78 is 26.0. The standard InChI is InChI=1S/C14H10F2N4OS/c15-10-4-3-8(6-11(10)16)17-14-18-13(21)12(19-20-14)7-9-2-1-5-22-9/h1-6H,7H2,(H2,17,18,20,21). The van der Waals surface area contributed by atoms with E-state index in [0.717, 1.165) is 17.0 Å². The van der Waals surface area contributed by atoms with E-state index in [2.05, 4.69) is 20.5 Å². The average molecular weight is 320 g/mol. The van der Waals surface area contributed by atoms with Crippen molar-refractivity contribution in [3.05, 3.63) is 68.3 Å². The molecular formula is C14H10F2N4OS. The molecule has 0 saturated heterocycles. The number of halogens is 2. The van der Waals surface area contributed by atoms with Crippen LogP contribution in [-0.2, 0) is 6.42 Å². The number of nitrogens with one attached hydrogen (secondary N) is 2. The van der Waals surface area contributed by atoms with Crippen LogP contribution in [0, 0.1) is 11.6 Å². The van der Waals surface area contributed by atoms with E-state index in [9.17, 15) is 13.6 Å². The second-order valence-corrected chi connectivity index (χ2v) is 5.49. The van der Waals surface area contributed by atoms with Crippen LogP contribution < -0.4 is 10.9 Å². The highest BCUT2D eigenvalue weighted by atomic mass is 32.1. The van der Waals surface area contributed by atoms with E-state index in [0.29, 0.717) is 12.1 Å². The van der Waals surface area contributed by atoms with Gasteiger partial charge in [-0.15, -0.1) is 21.5 Å². The quantitative estimate of drug-likeness (QED) is 0.775. The second-order valence-electron chi connectivity index (χ2n) is 4.46. The van der Waals surface area contributed by atoms with E-state index in [-0.39, 0.29) is 17.2 Å². The van der Waals surface area contributed by atoms with Gasteiger partial charge in [-0.1, -0.05) is 6.07 Å². The molecule has 5 nitrogen and oxygen atoms in total. The average Bonchev–Trinajstić information content (AvgIpc) is 2.99. The van der Waals surface area contributed by atoms with E-state index in [1.807, 2.05) is 17.5 Å². The van der Waals surface area contributed by atoms with Crippen molar-refractivity contribution in [2.45, 2.75) is 6.42 Å². The SMILES string of the molecule is O=c1[nH]c(Nc2ccc(F)c(F)c2)nnc1Cc1cccs1. The number of nitrogens with zero attached hydrogens (tertiary/aromatic N) is 2. The lowest BCUT2D eigenvalue weighted by molar-refractivity contribution is 0.509. The first-order valence-corrected chi connectivity index (χ1v) is 7.20. The summed E-state index contributed by atoms with van der Waals surface area (Å²) in [7, 11) is 0. The van der Waals surface area contributed by atoms with Gasteiger partial charge >= 0.3 is 0 Å². The Labute approximate surface area is 127 Å². The summed E-state index contributed by atoms with van der Waals surface area (Å²) >= 11 is 1.52. The Morgan fingerprint density at radius 3 is 2.73 bits per heavy atom. The van der Waals surface area contributed by atoms with Crippen LogP contribution in [0.15, 0.2) is 40.5 Å². The predicted octanol–water partition coefficient (Wildman–Crippen LogP) is 2.84. The fourth-order valence-electron chi connectivity index (χ4n) is 1.82. The van der Waals surface area contributed by atoms with Gasteiger partial charge in [-0.05, 0) is 23.6 Å². The van der Waals surface area contributed by atoms with Crippen LogP contribution in [0.3, 0.4) is 0 Å². The minimum absolute atomic E-state index is 0.0611. The first-order chi connectivity index (χ1) is 10.6. The molecule has 0 radical (unpaired) electrons. The molecule has 2 heterocycles. The molecule has 0 atom stereocenters. The number of hydrogen-bond acceptors (Lipinski definition) is 5. The van der Waals surface area contributed by atoms with Gasteiger partial charge in [-0.2, -0.15) is 0 Å². The molecule has 0 bridgehead atoms. The minimum Gasteiger partial charge on any atom is -0.324 e. The highest BCUT2D eigenvalue weighted by molar-refractivity contribution is 7.09. The van der Waals surface area contributed by atoms with Gasteiger partial charge in [0.15, 0.2) is 11.6 Å². The van der Waals surface area contributed by atoms with Gasteiger partial charge < -0.3 is 5.32 Å². The maximum atomic E-state index is 13.1. The van der Waals surface area contributed by atoms with E-state index in [1.54, 1.807) is 0 Å². The van der Waals surface area contributed by atoms with Gasteiger partial charge in [-0.25, -0.2) is 8.78 Å². The van der Waals surface area contributed by atoms with Crippen LogP contribution >= 0.6 is 11.3 Å². The zero-order valence-corrected chi connectivity index (χ0v) is 12.0. The monoisotopic (exact) mass is 320 g/mol. The molecule has 0 spiro atoms. The van der Waals surface area contributed by atoms with Gasteiger partial charge in [0.2, 0.25) is 5.95 Å². The molecule has 112 valence electrons. The number of aromatic nitrogens is 3. The Morgan fingerprint density at radius 1 is 1.18 bits per heavy atom. The van der Waals surface area contributed by atoms with Crippen LogP contribution in [0.2, 0.25) is 0 Å². The summed E-state index contributed by atoms with van der Waals surface area (Å²) in [4.78, 5) is 15.5. The number of anilines is 2. The largest absolute Gasteiger partial charge is 0.324 e. The Hall–Kier alpha value is -2.61. The molecule has 22 heavy (non-hydrogen) atoms. The van der Waals surface area contributed by atoms with Gasteiger partial charge in [-0.3, -0.25) is 9.78 Å². The summed E-state index contributed by atoms with van der Waals surface area (Å²) in [5, 5.41) is 12.3. The van der Waals surface area contributed by atoms with Gasteiger partial charge in [0.05, 0.1) is 0 Å². The van der Waals surface area contributed by atoms with Gasteiger partial charge in [0, 0.05) is 23.1 Å². The fourth-order valence-corrected chi connectivity index (χ4v) is 2.53. The molecule has 3 rings (SSSR count). The lowest BCUT2D eigenvalue weighted by Gasteiger charge is -2.05. The zero-order chi connectivity index (χ0) is 15.5. The lowest BCUT2D eigenvalue weighted by Crippen LogP contribution is -2.18. The van der Waals surface area contributed by atoms with Crippen LogP contribution in [-0.4, -0.2) is 15.2 Å². The molecule has 3 aromatic rings.